The summed E-state index contributed by atoms with van der Waals surface area (Å²) < 4.78 is 4.66. The molecule has 0 radical (unpaired) electrons. The first-order chi connectivity index (χ1) is 8.15. The topological polar surface area (TPSA) is 26.3 Å². The third-order valence-corrected chi connectivity index (χ3v) is 2.13. The minimum Gasteiger partial charge on any atom is -0.469 e. The fraction of sp³-hybridized carbons (Fsp3) is 0.533. The molecule has 0 bridgehead atoms. The van der Waals surface area contributed by atoms with Crippen LogP contribution in [0.1, 0.15) is 51.7 Å². The highest BCUT2D eigenvalue weighted by Crippen LogP contribution is 2.16. The predicted octanol–water partition coefficient (Wildman–Crippen LogP) is 4.32. The third kappa shape index (κ3) is 6.77. The van der Waals surface area contributed by atoms with E-state index in [4.69, 9.17) is 0 Å². The molecule has 1 rings (SSSR count). The maximum absolute atomic E-state index is 11.2. The molecule has 0 saturated heterocycles. The van der Waals surface area contributed by atoms with Gasteiger partial charge in [0.05, 0.1) is 13.0 Å². The van der Waals surface area contributed by atoms with Gasteiger partial charge in [-0.15, -0.1) is 0 Å². The molecule has 1 aromatic rings. The lowest BCUT2D eigenvalue weighted by atomic mass is 10.0. The van der Waals surface area contributed by atoms with Crippen LogP contribution in [0.2, 0.25) is 0 Å². The van der Waals surface area contributed by atoms with Crippen LogP contribution in [0.4, 0.5) is 0 Å². The van der Waals surface area contributed by atoms with E-state index < -0.39 is 0 Å². The van der Waals surface area contributed by atoms with Gasteiger partial charge in [0.2, 0.25) is 0 Å². The van der Waals surface area contributed by atoms with Crippen LogP contribution in [0, 0.1) is 6.92 Å². The largest absolute Gasteiger partial charge is 0.469 e. The number of benzene rings is 1. The Morgan fingerprint density at radius 3 is 1.82 bits per heavy atom. The van der Waals surface area contributed by atoms with E-state index in [2.05, 4.69) is 4.74 Å². The molecule has 0 aliphatic carbocycles. The summed E-state index contributed by atoms with van der Waals surface area (Å²) in [4.78, 5) is 11.2. The van der Waals surface area contributed by atoms with Crippen molar-refractivity contribution in [3.63, 3.8) is 0 Å². The third-order valence-electron chi connectivity index (χ3n) is 2.13. The number of carbonyl (C=O) groups excluding carboxylic acids is 1. The lowest BCUT2D eigenvalue weighted by Gasteiger charge is -2.08. The van der Waals surface area contributed by atoms with Crippen molar-refractivity contribution in [2.75, 3.05) is 7.11 Å². The molecule has 0 aliphatic heterocycles. The van der Waals surface area contributed by atoms with Crippen LogP contribution in [0.3, 0.4) is 0 Å². The van der Waals surface area contributed by atoms with Crippen LogP contribution in [0.25, 0.3) is 0 Å². The monoisotopic (exact) mass is 238 g/mol. The number of hydrogen-bond donors (Lipinski definition) is 0. The van der Waals surface area contributed by atoms with E-state index in [0.29, 0.717) is 0 Å². The number of rotatable bonds is 2. The zero-order chi connectivity index (χ0) is 13.8. The van der Waals surface area contributed by atoms with E-state index in [0.717, 1.165) is 5.56 Å². The molecule has 0 amide bonds. The van der Waals surface area contributed by atoms with Crippen LogP contribution in [-0.4, -0.2) is 13.1 Å². The number of aryl methyl sites for hydroxylation is 1. The number of ether oxygens (including phenoxy) is 1. The van der Waals surface area contributed by atoms with Gasteiger partial charge in [0, 0.05) is 0 Å². The van der Waals surface area contributed by atoms with E-state index in [9.17, 15) is 4.79 Å². The molecule has 0 saturated carbocycles. The van der Waals surface area contributed by atoms with Gasteiger partial charge in [0.15, 0.2) is 0 Å². The van der Waals surface area contributed by atoms with Gasteiger partial charge >= 0.3 is 5.97 Å². The second-order valence-electron chi connectivity index (χ2n) is 3.16. The van der Waals surface area contributed by atoms with Crippen molar-refractivity contribution >= 4 is 5.97 Å². The van der Waals surface area contributed by atoms with Crippen LogP contribution in [-0.2, 0) is 9.53 Å². The smallest absolute Gasteiger partial charge is 0.312 e. The fourth-order valence-corrected chi connectivity index (χ4v) is 1.17. The first kappa shape index (κ1) is 18.1. The molecule has 98 valence electrons. The summed E-state index contributed by atoms with van der Waals surface area (Å²) in [5.74, 6) is -0.366. The second-order valence-corrected chi connectivity index (χ2v) is 3.16. The SMILES string of the molecule is CC.CC.COC(=O)C(C)c1ccc(C)cc1. The van der Waals surface area contributed by atoms with Gasteiger partial charge in [0.1, 0.15) is 0 Å². The Morgan fingerprint density at radius 2 is 1.47 bits per heavy atom. The van der Waals surface area contributed by atoms with E-state index in [1.54, 1.807) is 0 Å². The average Bonchev–Trinajstić information content (AvgIpc) is 2.42. The average molecular weight is 238 g/mol. The van der Waals surface area contributed by atoms with Crippen molar-refractivity contribution in [3.05, 3.63) is 35.4 Å². The normalized spacial score (nSPS) is 10.1. The van der Waals surface area contributed by atoms with Crippen molar-refractivity contribution < 1.29 is 9.53 Å². The molecule has 1 aromatic carbocycles. The zero-order valence-corrected chi connectivity index (χ0v) is 12.2. The molecule has 0 fully saturated rings. The summed E-state index contributed by atoms with van der Waals surface area (Å²) in [5.41, 5.74) is 2.19. The number of esters is 1. The van der Waals surface area contributed by atoms with Gasteiger partial charge in [-0.3, -0.25) is 4.79 Å². The molecule has 0 aromatic heterocycles. The molecular weight excluding hydrogens is 212 g/mol. The van der Waals surface area contributed by atoms with E-state index in [1.165, 1.54) is 12.7 Å². The van der Waals surface area contributed by atoms with Gasteiger partial charge in [-0.2, -0.15) is 0 Å². The lowest BCUT2D eigenvalue weighted by molar-refractivity contribution is -0.141. The van der Waals surface area contributed by atoms with Crippen molar-refractivity contribution in [1.29, 1.82) is 0 Å². The Bertz CT molecular complexity index is 288. The second kappa shape index (κ2) is 11.2. The Balaban J connectivity index is 0. The zero-order valence-electron chi connectivity index (χ0n) is 12.2. The molecule has 0 aliphatic rings. The van der Waals surface area contributed by atoms with Gasteiger partial charge in [0.25, 0.3) is 0 Å². The van der Waals surface area contributed by atoms with Crippen LogP contribution in [0.15, 0.2) is 24.3 Å². The molecule has 0 N–H and O–H groups in total. The summed E-state index contributed by atoms with van der Waals surface area (Å²) in [6.07, 6.45) is 0. The number of carbonyl (C=O) groups is 1. The van der Waals surface area contributed by atoms with E-state index >= 15 is 0 Å². The maximum Gasteiger partial charge on any atom is 0.312 e. The summed E-state index contributed by atoms with van der Waals surface area (Å²) in [7, 11) is 1.41. The quantitative estimate of drug-likeness (QED) is 0.717. The van der Waals surface area contributed by atoms with E-state index in [1.807, 2.05) is 65.8 Å². The molecule has 0 spiro atoms. The van der Waals surface area contributed by atoms with Crippen LogP contribution in [0.5, 0.6) is 0 Å². The Morgan fingerprint density at radius 1 is 1.06 bits per heavy atom. The Hall–Kier alpha value is -1.31. The van der Waals surface area contributed by atoms with Crippen molar-refractivity contribution in [1.82, 2.24) is 0 Å². The molecule has 1 unspecified atom stereocenters. The van der Waals surface area contributed by atoms with E-state index in [-0.39, 0.29) is 11.9 Å². The van der Waals surface area contributed by atoms with Crippen molar-refractivity contribution in [2.45, 2.75) is 47.5 Å². The summed E-state index contributed by atoms with van der Waals surface area (Å²) >= 11 is 0. The van der Waals surface area contributed by atoms with Gasteiger partial charge in [-0.1, -0.05) is 57.5 Å². The lowest BCUT2D eigenvalue weighted by Crippen LogP contribution is -2.10. The minimum absolute atomic E-state index is 0.175. The summed E-state index contributed by atoms with van der Waals surface area (Å²) in [6.45, 7) is 11.9. The molecule has 2 nitrogen and oxygen atoms in total. The standard InChI is InChI=1S/C11H14O2.2C2H6/c1-8-4-6-10(7-5-8)9(2)11(12)13-3;2*1-2/h4-7,9H,1-3H3;2*1-2H3. The Labute approximate surface area is 106 Å². The molecule has 1 atom stereocenters. The molecule has 2 heteroatoms. The minimum atomic E-state index is -0.191. The first-order valence-corrected chi connectivity index (χ1v) is 6.29. The highest BCUT2D eigenvalue weighted by molar-refractivity contribution is 5.77. The first-order valence-electron chi connectivity index (χ1n) is 6.29. The molecule has 17 heavy (non-hydrogen) atoms. The maximum atomic E-state index is 11.2. The Kier molecular flexibility index (Phi) is 11.9. The fourth-order valence-electron chi connectivity index (χ4n) is 1.17. The van der Waals surface area contributed by atoms with Gasteiger partial charge in [-0.05, 0) is 19.4 Å². The summed E-state index contributed by atoms with van der Waals surface area (Å²) in [5, 5.41) is 0. The predicted molar refractivity (Wildman–Crippen MR) is 74.3 cm³/mol. The highest BCUT2D eigenvalue weighted by Gasteiger charge is 2.14. The van der Waals surface area contributed by atoms with Crippen molar-refractivity contribution in [3.8, 4) is 0 Å². The molecular formula is C15H26O2. The van der Waals surface area contributed by atoms with Crippen molar-refractivity contribution in [2.24, 2.45) is 0 Å². The van der Waals surface area contributed by atoms with Crippen LogP contribution >= 0.6 is 0 Å². The number of hydrogen-bond acceptors (Lipinski definition) is 2. The summed E-state index contributed by atoms with van der Waals surface area (Å²) in [6, 6.07) is 7.90. The van der Waals surface area contributed by atoms with Crippen LogP contribution < -0.4 is 0 Å². The highest BCUT2D eigenvalue weighted by atomic mass is 16.5. The number of methoxy groups -OCH3 is 1. The van der Waals surface area contributed by atoms with Gasteiger partial charge < -0.3 is 4.74 Å². The van der Waals surface area contributed by atoms with Gasteiger partial charge in [-0.25, -0.2) is 0 Å². The molecule has 0 heterocycles.